The van der Waals surface area contributed by atoms with Gasteiger partial charge in [0.25, 0.3) is 0 Å². The van der Waals surface area contributed by atoms with Gasteiger partial charge in [-0.25, -0.2) is 0 Å². The van der Waals surface area contributed by atoms with E-state index in [0.717, 1.165) is 0 Å². The number of rotatable bonds is 2. The van der Waals surface area contributed by atoms with Gasteiger partial charge >= 0.3 is 6.18 Å². The molecule has 1 aromatic carbocycles. The Balaban J connectivity index is 2.54. The highest BCUT2D eigenvalue weighted by atomic mass is 19.4. The minimum atomic E-state index is -4.55. The maximum atomic E-state index is 13.3. The monoisotopic (exact) mass is 254 g/mol. The van der Waals surface area contributed by atoms with Gasteiger partial charge in [-0.1, -0.05) is 29.8 Å². The minimum Gasteiger partial charge on any atom is -0.293 e. The Kier molecular flexibility index (Phi) is 2.84. The van der Waals surface area contributed by atoms with Crippen molar-refractivity contribution in [2.75, 3.05) is 0 Å². The average Bonchev–Trinajstić information content (AvgIpc) is 2.52. The van der Waals surface area contributed by atoms with Crippen molar-refractivity contribution in [3.05, 3.63) is 47.5 Å². The summed E-state index contributed by atoms with van der Waals surface area (Å²) in [5.74, 6) is -0.825. The van der Waals surface area contributed by atoms with Gasteiger partial charge in [0.2, 0.25) is 0 Å². The molecule has 0 amide bonds. The second-order valence-corrected chi connectivity index (χ2v) is 4.88. The van der Waals surface area contributed by atoms with Crippen molar-refractivity contribution in [2.24, 2.45) is 5.41 Å². The molecule has 1 nitrogen and oxygen atoms in total. The van der Waals surface area contributed by atoms with Crippen LogP contribution in [0.25, 0.3) is 0 Å². The third-order valence-electron chi connectivity index (χ3n) is 3.34. The predicted octanol–water partition coefficient (Wildman–Crippen LogP) is 3.94. The van der Waals surface area contributed by atoms with Crippen LogP contribution in [0.15, 0.2) is 36.4 Å². The van der Waals surface area contributed by atoms with Crippen molar-refractivity contribution in [3.8, 4) is 0 Å². The van der Waals surface area contributed by atoms with E-state index < -0.39 is 17.4 Å². The van der Waals surface area contributed by atoms with E-state index in [0.29, 0.717) is 11.1 Å². The van der Waals surface area contributed by atoms with E-state index in [1.165, 1.54) is 13.0 Å². The van der Waals surface area contributed by atoms with E-state index in [2.05, 4.69) is 6.58 Å². The normalized spacial score (nSPS) is 23.0. The molecule has 2 rings (SSSR count). The second-order valence-electron chi connectivity index (χ2n) is 4.88. The highest BCUT2D eigenvalue weighted by molar-refractivity contribution is 6.05. The molecule has 0 saturated carbocycles. The molecule has 1 unspecified atom stereocenters. The molecule has 0 aromatic heterocycles. The third kappa shape index (κ3) is 1.76. The van der Waals surface area contributed by atoms with Crippen molar-refractivity contribution in [3.63, 3.8) is 0 Å². The van der Waals surface area contributed by atoms with Crippen LogP contribution in [0.4, 0.5) is 13.2 Å². The number of halogens is 3. The largest absolute Gasteiger partial charge is 0.402 e. The SMILES string of the molecule is C=C(C)CC1(C(F)(F)F)Cc2ccccc2C1=O. The van der Waals surface area contributed by atoms with Crippen LogP contribution < -0.4 is 0 Å². The number of Topliss-reactive ketones (excluding diaryl/α,β-unsaturated/α-hetero) is 1. The van der Waals surface area contributed by atoms with E-state index in [1.54, 1.807) is 18.2 Å². The van der Waals surface area contributed by atoms with Crippen LogP contribution in [0.3, 0.4) is 0 Å². The summed E-state index contributed by atoms with van der Waals surface area (Å²) in [7, 11) is 0. The maximum Gasteiger partial charge on any atom is 0.402 e. The Labute approximate surface area is 103 Å². The lowest BCUT2D eigenvalue weighted by Gasteiger charge is -2.30. The number of benzene rings is 1. The van der Waals surface area contributed by atoms with Gasteiger partial charge in [-0.2, -0.15) is 13.2 Å². The fourth-order valence-electron chi connectivity index (χ4n) is 2.55. The van der Waals surface area contributed by atoms with E-state index in [4.69, 9.17) is 0 Å². The standard InChI is InChI=1S/C14H13F3O/c1-9(2)7-13(14(15,16)17)8-10-5-3-4-6-11(10)12(13)18/h3-6H,1,7-8H2,2H3. The quantitative estimate of drug-likeness (QED) is 0.730. The second kappa shape index (κ2) is 3.97. The first kappa shape index (κ1) is 12.9. The lowest BCUT2D eigenvalue weighted by atomic mass is 9.77. The molecule has 1 atom stereocenters. The molecule has 0 N–H and O–H groups in total. The summed E-state index contributed by atoms with van der Waals surface area (Å²) in [4.78, 5) is 12.1. The first-order chi connectivity index (χ1) is 8.28. The fraction of sp³-hybridized carbons (Fsp3) is 0.357. The molecule has 0 fully saturated rings. The van der Waals surface area contributed by atoms with Gasteiger partial charge in [0.05, 0.1) is 0 Å². The molecule has 4 heteroatoms. The summed E-state index contributed by atoms with van der Waals surface area (Å²) in [6.45, 7) is 5.04. The van der Waals surface area contributed by atoms with Gasteiger partial charge in [-0.15, -0.1) is 6.58 Å². The zero-order valence-electron chi connectivity index (χ0n) is 9.97. The molecule has 18 heavy (non-hydrogen) atoms. The van der Waals surface area contributed by atoms with Gasteiger partial charge in [0, 0.05) is 5.56 Å². The number of alkyl halides is 3. The number of carbonyl (C=O) groups is 1. The van der Waals surface area contributed by atoms with Crippen LogP contribution in [0, 0.1) is 5.41 Å². The fourth-order valence-corrected chi connectivity index (χ4v) is 2.55. The predicted molar refractivity (Wildman–Crippen MR) is 62.4 cm³/mol. The lowest BCUT2D eigenvalue weighted by molar-refractivity contribution is -0.201. The highest BCUT2D eigenvalue weighted by Crippen LogP contribution is 2.51. The average molecular weight is 254 g/mol. The van der Waals surface area contributed by atoms with Crippen molar-refractivity contribution < 1.29 is 18.0 Å². The number of allylic oxidation sites excluding steroid dienone is 1. The Morgan fingerprint density at radius 1 is 1.39 bits per heavy atom. The van der Waals surface area contributed by atoms with E-state index >= 15 is 0 Å². The maximum absolute atomic E-state index is 13.3. The summed E-state index contributed by atoms with van der Waals surface area (Å²) in [6, 6.07) is 6.28. The van der Waals surface area contributed by atoms with Crippen LogP contribution in [0.5, 0.6) is 0 Å². The van der Waals surface area contributed by atoms with Crippen molar-refractivity contribution in [1.29, 1.82) is 0 Å². The Morgan fingerprint density at radius 3 is 2.50 bits per heavy atom. The molecule has 96 valence electrons. The smallest absolute Gasteiger partial charge is 0.293 e. The van der Waals surface area contributed by atoms with Crippen LogP contribution in [0.1, 0.15) is 29.3 Å². The van der Waals surface area contributed by atoms with Gasteiger partial charge in [-0.3, -0.25) is 4.79 Å². The number of ketones is 1. The molecular weight excluding hydrogens is 241 g/mol. The van der Waals surface area contributed by atoms with E-state index in [-0.39, 0.29) is 18.4 Å². The van der Waals surface area contributed by atoms with Crippen LogP contribution >= 0.6 is 0 Å². The Hall–Kier alpha value is -1.58. The molecule has 0 spiro atoms. The number of hydrogen-bond donors (Lipinski definition) is 0. The summed E-state index contributed by atoms with van der Waals surface area (Å²) in [5, 5.41) is 0. The van der Waals surface area contributed by atoms with Gasteiger partial charge in [0.15, 0.2) is 5.78 Å². The number of fused-ring (bicyclic) bond motifs is 1. The lowest BCUT2D eigenvalue weighted by Crippen LogP contribution is -2.43. The van der Waals surface area contributed by atoms with Crippen LogP contribution in [-0.4, -0.2) is 12.0 Å². The number of carbonyl (C=O) groups excluding carboxylic acids is 1. The first-order valence-electron chi connectivity index (χ1n) is 5.62. The zero-order valence-corrected chi connectivity index (χ0v) is 9.97. The molecule has 1 aliphatic carbocycles. The molecule has 0 saturated heterocycles. The zero-order chi connectivity index (χ0) is 13.6. The van der Waals surface area contributed by atoms with Crippen LogP contribution in [0.2, 0.25) is 0 Å². The molecule has 1 aliphatic rings. The Morgan fingerprint density at radius 2 is 2.00 bits per heavy atom. The first-order valence-corrected chi connectivity index (χ1v) is 5.62. The Bertz CT molecular complexity index is 516. The van der Waals surface area contributed by atoms with Crippen molar-refractivity contribution >= 4 is 5.78 Å². The molecular formula is C14H13F3O. The summed E-state index contributed by atoms with van der Waals surface area (Å²) >= 11 is 0. The van der Waals surface area contributed by atoms with Gasteiger partial charge < -0.3 is 0 Å². The summed E-state index contributed by atoms with van der Waals surface area (Å²) in [5.41, 5.74) is -1.28. The van der Waals surface area contributed by atoms with Crippen molar-refractivity contribution in [1.82, 2.24) is 0 Å². The third-order valence-corrected chi connectivity index (χ3v) is 3.34. The molecule has 0 bridgehead atoms. The minimum absolute atomic E-state index is 0.191. The van der Waals surface area contributed by atoms with Crippen molar-refractivity contribution in [2.45, 2.75) is 25.9 Å². The van der Waals surface area contributed by atoms with Gasteiger partial charge in [0.1, 0.15) is 5.41 Å². The van der Waals surface area contributed by atoms with E-state index in [9.17, 15) is 18.0 Å². The van der Waals surface area contributed by atoms with Gasteiger partial charge in [-0.05, 0) is 25.3 Å². The highest BCUT2D eigenvalue weighted by Gasteiger charge is 2.62. The number of hydrogen-bond acceptors (Lipinski definition) is 1. The molecule has 0 aliphatic heterocycles. The molecule has 0 heterocycles. The summed E-state index contributed by atoms with van der Waals surface area (Å²) in [6.07, 6.45) is -5.18. The molecule has 1 aromatic rings. The van der Waals surface area contributed by atoms with Crippen LogP contribution in [-0.2, 0) is 6.42 Å². The molecule has 0 radical (unpaired) electrons. The van der Waals surface area contributed by atoms with E-state index in [1.807, 2.05) is 0 Å². The topological polar surface area (TPSA) is 17.1 Å². The summed E-state index contributed by atoms with van der Waals surface area (Å²) < 4.78 is 40.0.